The Morgan fingerprint density at radius 3 is 2.57 bits per heavy atom. The number of phenols is 1. The van der Waals surface area contributed by atoms with E-state index in [1.807, 2.05) is 31.2 Å². The minimum Gasteiger partial charge on any atom is -0.505 e. The van der Waals surface area contributed by atoms with Gasteiger partial charge in [0, 0.05) is 5.69 Å². The van der Waals surface area contributed by atoms with Crippen molar-refractivity contribution in [1.82, 2.24) is 0 Å². The van der Waals surface area contributed by atoms with E-state index in [0.717, 1.165) is 11.3 Å². The fourth-order valence-corrected chi connectivity index (χ4v) is 1.83. The average molecular weight is 289 g/mol. The zero-order chi connectivity index (χ0) is 15.2. The molecule has 0 radical (unpaired) electrons. The standard InChI is InChI=1S/C8H9FO.C8H7NO2/c1-2-6-4-3-5-7(10)8(6)9;10-8-9-7-3-1-6(2-4-7)5-11-8/h3-5,10H,2H2,1H3;1-4H,5H2,(H,9,10). The molecule has 0 atom stereocenters. The van der Waals surface area contributed by atoms with Crippen molar-refractivity contribution in [2.45, 2.75) is 20.0 Å². The van der Waals surface area contributed by atoms with Crippen molar-refractivity contribution >= 4 is 11.8 Å². The van der Waals surface area contributed by atoms with Gasteiger partial charge in [-0.25, -0.2) is 9.18 Å². The third kappa shape index (κ3) is 3.95. The SMILES string of the molecule is CCc1cccc(O)c1F.O=C1Nc2ccc(cc2)CO1. The molecule has 110 valence electrons. The maximum Gasteiger partial charge on any atom is 0.411 e. The first kappa shape index (κ1) is 14.8. The van der Waals surface area contributed by atoms with E-state index in [9.17, 15) is 9.18 Å². The Hall–Kier alpha value is -2.56. The first-order valence-electron chi connectivity index (χ1n) is 6.59. The van der Waals surface area contributed by atoms with Gasteiger partial charge in [-0.2, -0.15) is 0 Å². The molecule has 4 nitrogen and oxygen atoms in total. The third-order valence-corrected chi connectivity index (χ3v) is 3.01. The van der Waals surface area contributed by atoms with Crippen molar-refractivity contribution in [3.63, 3.8) is 0 Å². The molecule has 2 N–H and O–H groups in total. The predicted octanol–water partition coefficient (Wildman–Crippen LogP) is 3.84. The highest BCUT2D eigenvalue weighted by Crippen LogP contribution is 2.18. The molecule has 2 aliphatic rings. The highest BCUT2D eigenvalue weighted by molar-refractivity contribution is 5.85. The highest BCUT2D eigenvalue weighted by Gasteiger charge is 2.07. The van der Waals surface area contributed by atoms with Crippen LogP contribution in [0, 0.1) is 5.82 Å². The maximum atomic E-state index is 12.8. The number of nitrogens with one attached hydrogen (secondary N) is 1. The van der Waals surface area contributed by atoms with Crippen LogP contribution >= 0.6 is 0 Å². The number of phenolic OH excluding ortho intramolecular Hbond substituents is 1. The normalized spacial score (nSPS) is 12.4. The lowest BCUT2D eigenvalue weighted by Crippen LogP contribution is -2.15. The summed E-state index contributed by atoms with van der Waals surface area (Å²) in [6, 6.07) is 12.2. The number of carbonyl (C=O) groups is 1. The van der Waals surface area contributed by atoms with Gasteiger partial charge in [-0.1, -0.05) is 31.2 Å². The number of anilines is 1. The number of halogens is 1. The Bertz CT molecular complexity index is 626. The molecule has 0 spiro atoms. The van der Waals surface area contributed by atoms with Gasteiger partial charge in [-0.15, -0.1) is 0 Å². The number of aromatic hydroxyl groups is 1. The molecule has 2 aromatic rings. The van der Waals surface area contributed by atoms with Crippen molar-refractivity contribution in [3.05, 3.63) is 59.4 Å². The number of ether oxygens (including phenoxy) is 1. The lowest BCUT2D eigenvalue weighted by molar-refractivity contribution is 0.154. The molecule has 21 heavy (non-hydrogen) atoms. The zero-order valence-electron chi connectivity index (χ0n) is 11.6. The molecular formula is C16H16FNO3. The fraction of sp³-hybridized carbons (Fsp3) is 0.188. The Morgan fingerprint density at radius 2 is 1.95 bits per heavy atom. The first-order chi connectivity index (χ1) is 10.1. The second-order valence-corrected chi connectivity index (χ2v) is 4.50. The van der Waals surface area contributed by atoms with Crippen LogP contribution in [0.5, 0.6) is 5.75 Å². The number of fused-ring (bicyclic) bond motifs is 5. The van der Waals surface area contributed by atoms with Crippen LogP contribution in [0.25, 0.3) is 0 Å². The molecule has 5 heteroatoms. The van der Waals surface area contributed by atoms with Crippen LogP contribution in [0.3, 0.4) is 0 Å². The summed E-state index contributed by atoms with van der Waals surface area (Å²) in [4.78, 5) is 10.8. The number of rotatable bonds is 1. The number of carbonyl (C=O) groups excluding carboxylic acids is 1. The average Bonchev–Trinajstić information content (AvgIpc) is 2.47. The van der Waals surface area contributed by atoms with E-state index in [-0.39, 0.29) is 11.8 Å². The van der Waals surface area contributed by atoms with E-state index >= 15 is 0 Å². The van der Waals surface area contributed by atoms with Gasteiger partial charge in [-0.05, 0) is 35.7 Å². The van der Waals surface area contributed by atoms with Gasteiger partial charge in [0.05, 0.1) is 0 Å². The number of hydrogen-bond donors (Lipinski definition) is 2. The lowest BCUT2D eigenvalue weighted by atomic mass is 10.1. The van der Waals surface area contributed by atoms with Crippen LogP contribution in [0.1, 0.15) is 18.1 Å². The lowest BCUT2D eigenvalue weighted by Gasteiger charge is -2.11. The number of benzene rings is 2. The second kappa shape index (κ2) is 6.74. The topological polar surface area (TPSA) is 58.6 Å². The minimum atomic E-state index is -0.495. The van der Waals surface area contributed by atoms with E-state index in [1.165, 1.54) is 6.07 Å². The van der Waals surface area contributed by atoms with E-state index < -0.39 is 5.82 Å². The Labute approximate surface area is 122 Å². The van der Waals surface area contributed by atoms with E-state index in [4.69, 9.17) is 9.84 Å². The van der Waals surface area contributed by atoms with Gasteiger partial charge in [0.25, 0.3) is 0 Å². The van der Waals surface area contributed by atoms with E-state index in [0.29, 0.717) is 18.6 Å². The summed E-state index contributed by atoms with van der Waals surface area (Å²) in [6.45, 7) is 2.20. The predicted molar refractivity (Wildman–Crippen MR) is 77.7 cm³/mol. The van der Waals surface area contributed by atoms with Crippen LogP contribution in [0.2, 0.25) is 0 Å². The number of amides is 1. The molecule has 0 aromatic heterocycles. The van der Waals surface area contributed by atoms with E-state index in [1.54, 1.807) is 12.1 Å². The first-order valence-corrected chi connectivity index (χ1v) is 6.59. The number of hydrogen-bond acceptors (Lipinski definition) is 3. The smallest absolute Gasteiger partial charge is 0.411 e. The molecule has 0 unspecified atom stereocenters. The summed E-state index contributed by atoms with van der Waals surface area (Å²) in [5.74, 6) is -0.760. The summed E-state index contributed by atoms with van der Waals surface area (Å²) in [5, 5.41) is 11.4. The summed E-state index contributed by atoms with van der Waals surface area (Å²) < 4.78 is 17.6. The molecule has 1 amide bonds. The molecule has 2 heterocycles. The maximum absolute atomic E-state index is 12.8. The van der Waals surface area contributed by atoms with Crippen LogP contribution < -0.4 is 5.32 Å². The summed E-state index contributed by atoms with van der Waals surface area (Å²) in [7, 11) is 0. The molecule has 2 aliphatic heterocycles. The van der Waals surface area contributed by atoms with Crippen LogP contribution in [-0.4, -0.2) is 11.2 Å². The molecule has 0 saturated carbocycles. The van der Waals surface area contributed by atoms with Crippen LogP contribution in [0.4, 0.5) is 14.9 Å². The second-order valence-electron chi connectivity index (χ2n) is 4.50. The van der Waals surface area contributed by atoms with Gasteiger partial charge in [-0.3, -0.25) is 5.32 Å². The van der Waals surface area contributed by atoms with Crippen LogP contribution in [-0.2, 0) is 17.8 Å². The molecule has 2 bridgehead atoms. The quantitative estimate of drug-likeness (QED) is 0.838. The third-order valence-electron chi connectivity index (χ3n) is 3.01. The van der Waals surface area contributed by atoms with Crippen LogP contribution in [0.15, 0.2) is 42.5 Å². The van der Waals surface area contributed by atoms with E-state index in [2.05, 4.69) is 5.32 Å². The molecule has 4 rings (SSSR count). The van der Waals surface area contributed by atoms with Gasteiger partial charge < -0.3 is 9.84 Å². The molecular weight excluding hydrogens is 273 g/mol. The zero-order valence-corrected chi connectivity index (χ0v) is 11.6. The monoisotopic (exact) mass is 289 g/mol. The van der Waals surface area contributed by atoms with Crippen molar-refractivity contribution in [2.24, 2.45) is 0 Å². The Balaban J connectivity index is 0.000000155. The van der Waals surface area contributed by atoms with Gasteiger partial charge in [0.1, 0.15) is 6.61 Å². The van der Waals surface area contributed by atoms with Crippen molar-refractivity contribution in [2.75, 3.05) is 5.32 Å². The molecule has 0 saturated heterocycles. The Morgan fingerprint density at radius 1 is 1.24 bits per heavy atom. The summed E-state index contributed by atoms with van der Waals surface area (Å²) in [5.41, 5.74) is 2.35. The summed E-state index contributed by atoms with van der Waals surface area (Å²) in [6.07, 6.45) is 0.228. The molecule has 0 aliphatic carbocycles. The van der Waals surface area contributed by atoms with Crippen molar-refractivity contribution < 1.29 is 19.0 Å². The Kier molecular flexibility index (Phi) is 4.77. The molecule has 0 fully saturated rings. The highest BCUT2D eigenvalue weighted by atomic mass is 19.1. The fourth-order valence-electron chi connectivity index (χ4n) is 1.83. The largest absolute Gasteiger partial charge is 0.505 e. The summed E-state index contributed by atoms with van der Waals surface area (Å²) >= 11 is 0. The van der Waals surface area contributed by atoms with Crippen molar-refractivity contribution in [3.8, 4) is 5.75 Å². The van der Waals surface area contributed by atoms with Crippen molar-refractivity contribution in [1.29, 1.82) is 0 Å². The number of aryl methyl sites for hydroxylation is 1. The van der Waals surface area contributed by atoms with Gasteiger partial charge in [0.2, 0.25) is 0 Å². The molecule has 2 aromatic carbocycles. The minimum absolute atomic E-state index is 0.264. The van der Waals surface area contributed by atoms with Gasteiger partial charge in [0.15, 0.2) is 11.6 Å². The van der Waals surface area contributed by atoms with Gasteiger partial charge >= 0.3 is 6.09 Å².